The number of pyridine rings is 1. The Kier molecular flexibility index (Phi) is 4.75. The summed E-state index contributed by atoms with van der Waals surface area (Å²) in [4.78, 5) is 20.9. The number of nitrogens with zero attached hydrogens (tertiary/aromatic N) is 3. The second-order valence-electron chi connectivity index (χ2n) is 4.09. The number of aliphatic hydroxyl groups excluding tert-OH is 1. The van der Waals surface area contributed by atoms with Crippen molar-refractivity contribution in [2.75, 3.05) is 6.54 Å². The van der Waals surface area contributed by atoms with Gasteiger partial charge >= 0.3 is 0 Å². The molecule has 0 aromatic carbocycles. The number of hydrogen-bond acceptors (Lipinski definition) is 5. The number of hydrogen-bond donors (Lipinski definition) is 2. The molecule has 20 heavy (non-hydrogen) atoms. The summed E-state index contributed by atoms with van der Waals surface area (Å²) in [5.41, 5.74) is 1.12. The largest absolute Gasteiger partial charge is 0.390 e. The zero-order valence-corrected chi connectivity index (χ0v) is 12.1. The molecule has 0 saturated carbocycles. The lowest BCUT2D eigenvalue weighted by Gasteiger charge is -2.05. The zero-order valence-electron chi connectivity index (χ0n) is 11.3. The molecule has 2 aromatic rings. The van der Waals surface area contributed by atoms with Crippen LogP contribution in [0, 0.1) is 0 Å². The third kappa shape index (κ3) is 3.17. The number of imidazole rings is 1. The van der Waals surface area contributed by atoms with Crippen molar-refractivity contribution in [3.8, 4) is 0 Å². The maximum absolute atomic E-state index is 11.7. The first-order valence-electron chi connectivity index (χ1n) is 6.19. The van der Waals surface area contributed by atoms with E-state index in [0.29, 0.717) is 12.2 Å². The van der Waals surface area contributed by atoms with E-state index in [1.165, 1.54) is 11.8 Å². The van der Waals surface area contributed by atoms with Crippen LogP contribution >= 0.6 is 11.8 Å². The van der Waals surface area contributed by atoms with Crippen LogP contribution in [-0.2, 0) is 13.7 Å². The van der Waals surface area contributed by atoms with E-state index in [-0.39, 0.29) is 12.5 Å². The maximum Gasteiger partial charge on any atom is 0.269 e. The number of carbonyl (C=O) groups excluding carboxylic acids is 1. The molecule has 1 amide bonds. The highest BCUT2D eigenvalue weighted by Gasteiger charge is 2.10. The first-order chi connectivity index (χ1) is 9.65. The van der Waals surface area contributed by atoms with Crippen LogP contribution in [0.5, 0.6) is 0 Å². The topological polar surface area (TPSA) is 80.0 Å². The molecule has 0 aliphatic heterocycles. The quantitative estimate of drug-likeness (QED) is 0.866. The number of carbonyl (C=O) groups is 1. The molecule has 0 aliphatic carbocycles. The lowest BCUT2D eigenvalue weighted by atomic mass is 10.3. The fourth-order valence-corrected chi connectivity index (χ4v) is 2.49. The molecule has 0 fully saturated rings. The molecule has 0 saturated heterocycles. The summed E-state index contributed by atoms with van der Waals surface area (Å²) in [7, 11) is 1.84. The van der Waals surface area contributed by atoms with Crippen LogP contribution in [0.2, 0.25) is 0 Å². The van der Waals surface area contributed by atoms with Gasteiger partial charge in [0.05, 0.1) is 18.5 Å². The minimum Gasteiger partial charge on any atom is -0.390 e. The highest BCUT2D eigenvalue weighted by molar-refractivity contribution is 7.99. The van der Waals surface area contributed by atoms with E-state index in [1.807, 2.05) is 24.6 Å². The van der Waals surface area contributed by atoms with Gasteiger partial charge in [0.25, 0.3) is 5.91 Å². The van der Waals surface area contributed by atoms with Crippen molar-refractivity contribution in [1.29, 1.82) is 0 Å². The van der Waals surface area contributed by atoms with Gasteiger partial charge in [-0.1, -0.05) is 11.8 Å². The van der Waals surface area contributed by atoms with Gasteiger partial charge in [-0.2, -0.15) is 0 Å². The van der Waals surface area contributed by atoms with Crippen molar-refractivity contribution in [3.05, 3.63) is 35.9 Å². The minimum absolute atomic E-state index is 0.0510. The molecule has 2 rings (SSSR count). The Morgan fingerprint density at radius 2 is 2.30 bits per heavy atom. The van der Waals surface area contributed by atoms with E-state index in [2.05, 4.69) is 15.3 Å². The van der Waals surface area contributed by atoms with Gasteiger partial charge in [-0.15, -0.1) is 0 Å². The highest BCUT2D eigenvalue weighted by Crippen LogP contribution is 2.26. The summed E-state index contributed by atoms with van der Waals surface area (Å²) < 4.78 is 1.82. The molecule has 0 radical (unpaired) electrons. The first-order valence-corrected chi connectivity index (χ1v) is 7.01. The Balaban J connectivity index is 2.19. The van der Waals surface area contributed by atoms with E-state index in [1.54, 1.807) is 18.5 Å². The number of nitrogens with one attached hydrogen (secondary N) is 1. The molecule has 2 N–H and O–H groups in total. The Labute approximate surface area is 121 Å². The molecule has 0 bridgehead atoms. The Hall–Kier alpha value is -1.86. The summed E-state index contributed by atoms with van der Waals surface area (Å²) >= 11 is 1.42. The van der Waals surface area contributed by atoms with E-state index in [9.17, 15) is 4.79 Å². The highest BCUT2D eigenvalue weighted by atomic mass is 32.2. The van der Waals surface area contributed by atoms with Crippen LogP contribution in [0.4, 0.5) is 0 Å². The normalized spacial score (nSPS) is 10.6. The van der Waals surface area contributed by atoms with Gasteiger partial charge < -0.3 is 15.0 Å². The molecule has 0 spiro atoms. The fraction of sp³-hybridized carbons (Fsp3) is 0.308. The zero-order chi connectivity index (χ0) is 14.5. The number of aliphatic hydroxyl groups is 1. The molecular weight excluding hydrogens is 276 g/mol. The van der Waals surface area contributed by atoms with Crippen molar-refractivity contribution in [2.45, 2.75) is 23.6 Å². The number of rotatable bonds is 5. The van der Waals surface area contributed by atoms with Crippen molar-refractivity contribution in [3.63, 3.8) is 0 Å². The van der Waals surface area contributed by atoms with Crippen molar-refractivity contribution in [1.82, 2.24) is 19.9 Å². The van der Waals surface area contributed by atoms with Gasteiger partial charge in [0.15, 0.2) is 5.16 Å². The van der Waals surface area contributed by atoms with Crippen LogP contribution in [-0.4, -0.2) is 32.1 Å². The van der Waals surface area contributed by atoms with Crippen LogP contribution in [0.1, 0.15) is 23.1 Å². The summed E-state index contributed by atoms with van der Waals surface area (Å²) in [6, 6.07) is 3.55. The second-order valence-corrected chi connectivity index (χ2v) is 5.13. The van der Waals surface area contributed by atoms with Gasteiger partial charge in [0.2, 0.25) is 0 Å². The SMILES string of the molecule is CCNC(=O)c1cc(Sc2ncc(CO)n2C)ccn1. The molecule has 6 nitrogen and oxygen atoms in total. The third-order valence-corrected chi connectivity index (χ3v) is 3.77. The van der Waals surface area contributed by atoms with Crippen LogP contribution < -0.4 is 5.32 Å². The van der Waals surface area contributed by atoms with Crippen LogP contribution in [0.15, 0.2) is 34.6 Å². The number of amides is 1. The lowest BCUT2D eigenvalue weighted by molar-refractivity contribution is 0.0950. The van der Waals surface area contributed by atoms with E-state index < -0.39 is 0 Å². The molecule has 7 heteroatoms. The average molecular weight is 292 g/mol. The Morgan fingerprint density at radius 3 is 2.95 bits per heavy atom. The van der Waals surface area contributed by atoms with Gasteiger partial charge in [0.1, 0.15) is 5.69 Å². The van der Waals surface area contributed by atoms with Crippen molar-refractivity contribution in [2.24, 2.45) is 7.05 Å². The van der Waals surface area contributed by atoms with Crippen LogP contribution in [0.3, 0.4) is 0 Å². The third-order valence-electron chi connectivity index (χ3n) is 2.71. The molecule has 2 heterocycles. The molecular formula is C13H16N4O2S. The molecule has 0 atom stereocenters. The van der Waals surface area contributed by atoms with Crippen molar-refractivity contribution < 1.29 is 9.90 Å². The van der Waals surface area contributed by atoms with E-state index in [4.69, 9.17) is 5.11 Å². The minimum atomic E-state index is -0.189. The monoisotopic (exact) mass is 292 g/mol. The first kappa shape index (κ1) is 14.5. The fourth-order valence-electron chi connectivity index (χ4n) is 1.62. The van der Waals surface area contributed by atoms with E-state index in [0.717, 1.165) is 15.7 Å². The molecule has 106 valence electrons. The second kappa shape index (κ2) is 6.53. The smallest absolute Gasteiger partial charge is 0.269 e. The standard InChI is InChI=1S/C13H16N4O2S/c1-3-14-12(19)11-6-10(4-5-15-11)20-13-16-7-9(8-18)17(13)2/h4-7,18H,3,8H2,1-2H3,(H,14,19). The lowest BCUT2D eigenvalue weighted by Crippen LogP contribution is -2.23. The van der Waals surface area contributed by atoms with Crippen LogP contribution in [0.25, 0.3) is 0 Å². The summed E-state index contributed by atoms with van der Waals surface area (Å²) in [6.45, 7) is 2.38. The predicted octanol–water partition coefficient (Wildman–Crippen LogP) is 1.21. The summed E-state index contributed by atoms with van der Waals surface area (Å²) in [6.07, 6.45) is 3.23. The van der Waals surface area contributed by atoms with Gasteiger partial charge in [-0.05, 0) is 19.1 Å². The average Bonchev–Trinajstić information content (AvgIpc) is 2.80. The Morgan fingerprint density at radius 1 is 1.50 bits per heavy atom. The van der Waals surface area contributed by atoms with Crippen molar-refractivity contribution >= 4 is 17.7 Å². The summed E-state index contributed by atoms with van der Waals surface area (Å²) in [5.74, 6) is -0.189. The molecule has 0 aliphatic rings. The van der Waals surface area contributed by atoms with Gasteiger partial charge in [0, 0.05) is 24.7 Å². The molecule has 2 aromatic heterocycles. The summed E-state index contributed by atoms with van der Waals surface area (Å²) in [5, 5.41) is 12.6. The maximum atomic E-state index is 11.7. The molecule has 0 unspecified atom stereocenters. The van der Waals surface area contributed by atoms with Gasteiger partial charge in [-0.3, -0.25) is 9.78 Å². The predicted molar refractivity (Wildman–Crippen MR) is 75.5 cm³/mol. The Bertz CT molecular complexity index is 612. The van der Waals surface area contributed by atoms with Gasteiger partial charge in [-0.25, -0.2) is 4.98 Å². The number of aromatic nitrogens is 3. The van der Waals surface area contributed by atoms with E-state index >= 15 is 0 Å².